The first kappa shape index (κ1) is 7.70. The van der Waals surface area contributed by atoms with E-state index in [1.807, 2.05) is 0 Å². The molecule has 0 saturated heterocycles. The van der Waals surface area contributed by atoms with E-state index in [0.717, 1.165) is 6.07 Å². The zero-order valence-electron chi connectivity index (χ0n) is 5.37. The van der Waals surface area contributed by atoms with Crippen molar-refractivity contribution in [2.75, 3.05) is 0 Å². The summed E-state index contributed by atoms with van der Waals surface area (Å²) in [6, 6.07) is 3.95. The highest BCUT2D eigenvalue weighted by Gasteiger charge is 2.05. The molecule has 4 heteroatoms. The van der Waals surface area contributed by atoms with Crippen LogP contribution in [0.3, 0.4) is 0 Å². The van der Waals surface area contributed by atoms with Crippen molar-refractivity contribution in [3.63, 3.8) is 0 Å². The molecule has 0 heterocycles. The summed E-state index contributed by atoms with van der Waals surface area (Å²) in [4.78, 5) is 0. The van der Waals surface area contributed by atoms with E-state index < -0.39 is 0 Å². The summed E-state index contributed by atoms with van der Waals surface area (Å²) >= 11 is 5.45. The van der Waals surface area contributed by atoms with Gasteiger partial charge in [-0.15, -0.1) is 0 Å². The Bertz CT molecular complexity index is 330. The summed E-state index contributed by atoms with van der Waals surface area (Å²) in [7, 11) is 0. The van der Waals surface area contributed by atoms with Crippen LogP contribution in [0.25, 0.3) is 0 Å². The minimum Gasteiger partial charge on any atom is -0.506 e. The molecule has 0 spiro atoms. The Balaban J connectivity index is 3.35. The second-order valence-corrected chi connectivity index (χ2v) is 2.34. The van der Waals surface area contributed by atoms with Crippen molar-refractivity contribution >= 4 is 11.6 Å². The van der Waals surface area contributed by atoms with Gasteiger partial charge in [0, 0.05) is 6.07 Å². The molecule has 1 aromatic carbocycles. The molecule has 1 aromatic rings. The van der Waals surface area contributed by atoms with E-state index in [1.54, 1.807) is 6.07 Å². The van der Waals surface area contributed by atoms with Crippen molar-refractivity contribution in [1.29, 1.82) is 5.26 Å². The van der Waals surface area contributed by atoms with E-state index in [4.69, 9.17) is 27.1 Å². The zero-order chi connectivity index (χ0) is 8.43. The Morgan fingerprint density at radius 1 is 1.27 bits per heavy atom. The van der Waals surface area contributed by atoms with Gasteiger partial charge in [0.15, 0.2) is 0 Å². The Kier molecular flexibility index (Phi) is 1.88. The van der Waals surface area contributed by atoms with Gasteiger partial charge in [0.1, 0.15) is 17.6 Å². The first-order valence-corrected chi connectivity index (χ1v) is 3.14. The molecule has 2 N–H and O–H groups in total. The van der Waals surface area contributed by atoms with Crippen LogP contribution in [-0.2, 0) is 0 Å². The highest BCUT2D eigenvalue weighted by molar-refractivity contribution is 6.32. The number of hydrogen-bond donors (Lipinski definition) is 2. The van der Waals surface area contributed by atoms with Crippen molar-refractivity contribution < 1.29 is 10.2 Å². The van der Waals surface area contributed by atoms with Gasteiger partial charge in [-0.1, -0.05) is 11.6 Å². The quantitative estimate of drug-likeness (QED) is 0.620. The predicted octanol–water partition coefficient (Wildman–Crippen LogP) is 1.62. The normalized spacial score (nSPS) is 9.09. The maximum Gasteiger partial charge on any atom is 0.137 e. The average molecular weight is 170 g/mol. The van der Waals surface area contributed by atoms with Crippen LogP contribution in [0.1, 0.15) is 5.56 Å². The standard InChI is InChI=1S/C7H4ClNO2/c8-5-1-4(3-9)6(10)2-7(5)11/h1-2,10-11H. The van der Waals surface area contributed by atoms with E-state index in [1.165, 1.54) is 6.07 Å². The third-order valence-electron chi connectivity index (χ3n) is 1.19. The summed E-state index contributed by atoms with van der Waals surface area (Å²) in [5.74, 6) is -0.502. The molecule has 0 amide bonds. The monoisotopic (exact) mass is 169 g/mol. The summed E-state index contributed by atoms with van der Waals surface area (Å²) < 4.78 is 0. The van der Waals surface area contributed by atoms with Gasteiger partial charge in [0.2, 0.25) is 0 Å². The Morgan fingerprint density at radius 2 is 1.91 bits per heavy atom. The molecule has 0 aliphatic rings. The second kappa shape index (κ2) is 2.69. The largest absolute Gasteiger partial charge is 0.506 e. The van der Waals surface area contributed by atoms with E-state index >= 15 is 0 Å². The maximum absolute atomic E-state index is 8.97. The smallest absolute Gasteiger partial charge is 0.137 e. The highest BCUT2D eigenvalue weighted by Crippen LogP contribution is 2.30. The third-order valence-corrected chi connectivity index (χ3v) is 1.49. The van der Waals surface area contributed by atoms with Crippen molar-refractivity contribution in [3.05, 3.63) is 22.7 Å². The van der Waals surface area contributed by atoms with Crippen LogP contribution in [0.4, 0.5) is 0 Å². The van der Waals surface area contributed by atoms with Gasteiger partial charge in [0.05, 0.1) is 10.6 Å². The molecule has 0 aliphatic carbocycles. The molecule has 11 heavy (non-hydrogen) atoms. The fourth-order valence-corrected chi connectivity index (χ4v) is 0.804. The first-order valence-electron chi connectivity index (χ1n) is 2.76. The van der Waals surface area contributed by atoms with Gasteiger partial charge in [-0.2, -0.15) is 5.26 Å². The molecule has 0 radical (unpaired) electrons. The molecule has 56 valence electrons. The molecular weight excluding hydrogens is 166 g/mol. The van der Waals surface area contributed by atoms with E-state index in [2.05, 4.69) is 0 Å². The third kappa shape index (κ3) is 1.36. The Morgan fingerprint density at radius 3 is 2.45 bits per heavy atom. The molecule has 0 atom stereocenters. The highest BCUT2D eigenvalue weighted by atomic mass is 35.5. The average Bonchev–Trinajstić information content (AvgIpc) is 1.97. The van der Waals surface area contributed by atoms with Gasteiger partial charge in [-0.05, 0) is 6.07 Å². The van der Waals surface area contributed by atoms with Crippen LogP contribution in [0.5, 0.6) is 11.5 Å². The lowest BCUT2D eigenvalue weighted by atomic mass is 10.2. The van der Waals surface area contributed by atoms with E-state index in [0.29, 0.717) is 0 Å². The number of phenolic OH excluding ortho intramolecular Hbond substituents is 2. The lowest BCUT2D eigenvalue weighted by Crippen LogP contribution is -1.76. The number of hydrogen-bond acceptors (Lipinski definition) is 3. The molecule has 0 aliphatic heterocycles. The summed E-state index contributed by atoms with van der Waals surface area (Å²) in [5, 5.41) is 26.3. The van der Waals surface area contributed by atoms with Crippen LogP contribution >= 0.6 is 11.6 Å². The van der Waals surface area contributed by atoms with Crippen molar-refractivity contribution in [2.45, 2.75) is 0 Å². The van der Waals surface area contributed by atoms with Crippen molar-refractivity contribution in [1.82, 2.24) is 0 Å². The van der Waals surface area contributed by atoms with Crippen LogP contribution in [0.15, 0.2) is 12.1 Å². The summed E-state index contributed by atoms with van der Waals surface area (Å²) in [6.45, 7) is 0. The van der Waals surface area contributed by atoms with Crippen LogP contribution in [0, 0.1) is 11.3 Å². The minimum atomic E-state index is -0.269. The van der Waals surface area contributed by atoms with Crippen molar-refractivity contribution in [3.8, 4) is 17.6 Å². The molecule has 0 fully saturated rings. The van der Waals surface area contributed by atoms with Crippen LogP contribution in [0.2, 0.25) is 5.02 Å². The fourth-order valence-electron chi connectivity index (χ4n) is 0.640. The topological polar surface area (TPSA) is 64.2 Å². The molecule has 1 rings (SSSR count). The van der Waals surface area contributed by atoms with Crippen LogP contribution in [-0.4, -0.2) is 10.2 Å². The van der Waals surface area contributed by atoms with Gasteiger partial charge in [0.25, 0.3) is 0 Å². The number of nitrogens with zero attached hydrogens (tertiary/aromatic N) is 1. The zero-order valence-corrected chi connectivity index (χ0v) is 6.13. The lowest BCUT2D eigenvalue weighted by Gasteiger charge is -1.98. The van der Waals surface area contributed by atoms with Gasteiger partial charge < -0.3 is 10.2 Å². The SMILES string of the molecule is N#Cc1cc(Cl)c(O)cc1O. The Hall–Kier alpha value is -1.40. The van der Waals surface area contributed by atoms with Gasteiger partial charge in [-0.3, -0.25) is 0 Å². The number of aromatic hydroxyl groups is 2. The second-order valence-electron chi connectivity index (χ2n) is 1.93. The lowest BCUT2D eigenvalue weighted by molar-refractivity contribution is 0.449. The molecule has 0 bridgehead atoms. The number of benzene rings is 1. The summed E-state index contributed by atoms with van der Waals surface area (Å²) in [6.07, 6.45) is 0. The number of nitriles is 1. The van der Waals surface area contributed by atoms with Crippen molar-refractivity contribution in [2.24, 2.45) is 0 Å². The first-order chi connectivity index (χ1) is 5.15. The molecule has 0 unspecified atom stereocenters. The predicted molar refractivity (Wildman–Crippen MR) is 39.5 cm³/mol. The molecule has 3 nitrogen and oxygen atoms in total. The maximum atomic E-state index is 8.97. The van der Waals surface area contributed by atoms with Gasteiger partial charge >= 0.3 is 0 Å². The number of phenols is 2. The Labute approximate surface area is 68.1 Å². The molecular formula is C7H4ClNO2. The number of halogens is 1. The minimum absolute atomic E-state index is 0.0489. The van der Waals surface area contributed by atoms with Gasteiger partial charge in [-0.25, -0.2) is 0 Å². The fraction of sp³-hybridized carbons (Fsp3) is 0. The molecule has 0 aromatic heterocycles. The van der Waals surface area contributed by atoms with E-state index in [-0.39, 0.29) is 22.1 Å². The van der Waals surface area contributed by atoms with Crippen LogP contribution < -0.4 is 0 Å². The van der Waals surface area contributed by atoms with E-state index in [9.17, 15) is 0 Å². The number of rotatable bonds is 0. The molecule has 0 saturated carbocycles. The summed E-state index contributed by atoms with van der Waals surface area (Å²) in [5.41, 5.74) is 0.0489.